The van der Waals surface area contributed by atoms with Crippen LogP contribution in [0.15, 0.2) is 24.3 Å². The van der Waals surface area contributed by atoms with Crippen LogP contribution in [0, 0.1) is 5.92 Å². The van der Waals surface area contributed by atoms with Crippen molar-refractivity contribution in [3.05, 3.63) is 29.8 Å². The normalized spacial score (nSPS) is 23.6. The Morgan fingerprint density at radius 1 is 1.32 bits per heavy atom. The summed E-state index contributed by atoms with van der Waals surface area (Å²) in [6.07, 6.45) is 5.95. The number of carboxylic acids is 1. The van der Waals surface area contributed by atoms with E-state index in [0.29, 0.717) is 5.92 Å². The minimum Gasteiger partial charge on any atom is -0.497 e. The van der Waals surface area contributed by atoms with Crippen molar-refractivity contribution in [2.45, 2.75) is 44.4 Å². The van der Waals surface area contributed by atoms with E-state index in [0.717, 1.165) is 25.0 Å². The summed E-state index contributed by atoms with van der Waals surface area (Å²) in [6.45, 7) is 0. The van der Waals surface area contributed by atoms with Gasteiger partial charge in [0, 0.05) is 6.42 Å². The Morgan fingerprint density at radius 3 is 2.84 bits per heavy atom. The van der Waals surface area contributed by atoms with Gasteiger partial charge in [-0.15, -0.1) is 0 Å². The predicted octanol–water partition coefficient (Wildman–Crippen LogP) is 3.83. The van der Waals surface area contributed by atoms with Gasteiger partial charge < -0.3 is 9.84 Å². The lowest BCUT2D eigenvalue weighted by Crippen LogP contribution is -2.16. The number of aliphatic carboxylic acids is 1. The van der Waals surface area contributed by atoms with Gasteiger partial charge in [-0.3, -0.25) is 4.79 Å². The summed E-state index contributed by atoms with van der Waals surface area (Å²) in [7, 11) is 1.67. The van der Waals surface area contributed by atoms with Crippen molar-refractivity contribution >= 4 is 5.97 Å². The van der Waals surface area contributed by atoms with E-state index in [1.54, 1.807) is 7.11 Å². The number of methoxy groups -OCH3 is 1. The van der Waals surface area contributed by atoms with Gasteiger partial charge in [0.2, 0.25) is 0 Å². The number of hydrogen-bond acceptors (Lipinski definition) is 2. The van der Waals surface area contributed by atoms with E-state index < -0.39 is 5.97 Å². The van der Waals surface area contributed by atoms with E-state index in [1.807, 2.05) is 12.1 Å². The molecule has 1 aromatic rings. The first kappa shape index (κ1) is 13.9. The molecule has 104 valence electrons. The van der Waals surface area contributed by atoms with E-state index in [9.17, 15) is 4.79 Å². The first-order chi connectivity index (χ1) is 9.20. The van der Waals surface area contributed by atoms with Gasteiger partial charge in [0.1, 0.15) is 5.75 Å². The number of rotatable bonds is 4. The molecule has 1 fully saturated rings. The summed E-state index contributed by atoms with van der Waals surface area (Å²) in [4.78, 5) is 11.1. The molecule has 1 N–H and O–H groups in total. The number of hydrogen-bond donors (Lipinski definition) is 1. The van der Waals surface area contributed by atoms with E-state index >= 15 is 0 Å². The molecule has 2 atom stereocenters. The minimum absolute atomic E-state index is 0.257. The summed E-state index contributed by atoms with van der Waals surface area (Å²) >= 11 is 0. The molecule has 1 aromatic carbocycles. The molecule has 0 heterocycles. The quantitative estimate of drug-likeness (QED) is 0.839. The van der Waals surface area contributed by atoms with Gasteiger partial charge >= 0.3 is 5.97 Å². The number of ether oxygens (including phenoxy) is 1. The molecule has 0 saturated heterocycles. The summed E-state index contributed by atoms with van der Waals surface area (Å²) in [5.74, 6) is 0.788. The van der Waals surface area contributed by atoms with Crippen LogP contribution in [0.3, 0.4) is 0 Å². The van der Waals surface area contributed by atoms with E-state index in [1.165, 1.54) is 18.4 Å². The molecule has 2 rings (SSSR count). The SMILES string of the molecule is COc1cccc(C2CCCCCC2CC(=O)O)c1. The number of benzene rings is 1. The second kappa shape index (κ2) is 6.60. The minimum atomic E-state index is -0.681. The van der Waals surface area contributed by atoms with E-state index in [2.05, 4.69) is 12.1 Å². The first-order valence-electron chi connectivity index (χ1n) is 7.06. The fourth-order valence-corrected chi connectivity index (χ4v) is 3.16. The molecule has 0 spiro atoms. The van der Waals surface area contributed by atoms with Crippen LogP contribution in [0.1, 0.15) is 50.0 Å². The van der Waals surface area contributed by atoms with Crippen molar-refractivity contribution < 1.29 is 14.6 Å². The summed E-state index contributed by atoms with van der Waals surface area (Å²) in [5, 5.41) is 9.10. The van der Waals surface area contributed by atoms with Crippen LogP contribution in [0.4, 0.5) is 0 Å². The van der Waals surface area contributed by atoms with Crippen LogP contribution in [-0.2, 0) is 4.79 Å². The molecule has 2 unspecified atom stereocenters. The van der Waals surface area contributed by atoms with Gasteiger partial charge in [0.05, 0.1) is 7.11 Å². The Balaban J connectivity index is 2.22. The monoisotopic (exact) mass is 262 g/mol. The van der Waals surface area contributed by atoms with Gasteiger partial charge in [-0.1, -0.05) is 31.4 Å². The zero-order valence-electron chi connectivity index (χ0n) is 11.5. The van der Waals surface area contributed by atoms with E-state index in [4.69, 9.17) is 9.84 Å². The maximum atomic E-state index is 11.1. The maximum Gasteiger partial charge on any atom is 0.303 e. The highest BCUT2D eigenvalue weighted by Gasteiger charge is 2.27. The molecule has 0 radical (unpaired) electrons. The molecule has 0 aliphatic heterocycles. The van der Waals surface area contributed by atoms with Crippen molar-refractivity contribution in [1.82, 2.24) is 0 Å². The molecule has 1 aliphatic carbocycles. The lowest BCUT2D eigenvalue weighted by molar-refractivity contribution is -0.138. The molecular formula is C16H22O3. The third-order valence-corrected chi connectivity index (χ3v) is 4.12. The fraction of sp³-hybridized carbons (Fsp3) is 0.562. The first-order valence-corrected chi connectivity index (χ1v) is 7.06. The molecular weight excluding hydrogens is 240 g/mol. The summed E-state index contributed by atoms with van der Waals surface area (Å²) in [6, 6.07) is 8.10. The van der Waals surface area contributed by atoms with Crippen LogP contribution in [0.25, 0.3) is 0 Å². The highest BCUT2D eigenvalue weighted by Crippen LogP contribution is 2.39. The van der Waals surface area contributed by atoms with Crippen molar-refractivity contribution in [1.29, 1.82) is 0 Å². The van der Waals surface area contributed by atoms with Crippen LogP contribution in [0.2, 0.25) is 0 Å². The molecule has 3 nitrogen and oxygen atoms in total. The molecule has 3 heteroatoms. The predicted molar refractivity (Wildman–Crippen MR) is 74.6 cm³/mol. The Hall–Kier alpha value is -1.51. The van der Waals surface area contributed by atoms with Crippen LogP contribution in [0.5, 0.6) is 5.75 Å². The Kier molecular flexibility index (Phi) is 4.83. The fourth-order valence-electron chi connectivity index (χ4n) is 3.16. The van der Waals surface area contributed by atoms with Crippen molar-refractivity contribution in [2.75, 3.05) is 7.11 Å². The molecule has 0 amide bonds. The van der Waals surface area contributed by atoms with Crippen molar-refractivity contribution in [3.63, 3.8) is 0 Å². The molecule has 1 saturated carbocycles. The van der Waals surface area contributed by atoms with Crippen molar-refractivity contribution in [3.8, 4) is 5.75 Å². The van der Waals surface area contributed by atoms with Crippen LogP contribution in [-0.4, -0.2) is 18.2 Å². The van der Waals surface area contributed by atoms with Crippen molar-refractivity contribution in [2.24, 2.45) is 5.92 Å². The zero-order valence-corrected chi connectivity index (χ0v) is 11.5. The third kappa shape index (κ3) is 3.72. The van der Waals surface area contributed by atoms with Crippen LogP contribution >= 0.6 is 0 Å². The second-order valence-electron chi connectivity index (χ2n) is 5.38. The average molecular weight is 262 g/mol. The maximum absolute atomic E-state index is 11.1. The number of carbonyl (C=O) groups is 1. The standard InChI is InChI=1S/C16H22O3/c1-19-14-8-5-7-12(10-14)15-9-4-2-3-6-13(15)11-16(17)18/h5,7-8,10,13,15H,2-4,6,9,11H2,1H3,(H,17,18). The second-order valence-corrected chi connectivity index (χ2v) is 5.38. The van der Waals surface area contributed by atoms with Gasteiger partial charge in [-0.2, -0.15) is 0 Å². The highest BCUT2D eigenvalue weighted by atomic mass is 16.5. The molecule has 0 bridgehead atoms. The molecule has 0 aromatic heterocycles. The average Bonchev–Trinajstić information content (AvgIpc) is 2.63. The Morgan fingerprint density at radius 2 is 2.11 bits per heavy atom. The Bertz CT molecular complexity index is 428. The highest BCUT2D eigenvalue weighted by molar-refractivity contribution is 5.67. The molecule has 1 aliphatic rings. The zero-order chi connectivity index (χ0) is 13.7. The topological polar surface area (TPSA) is 46.5 Å². The smallest absolute Gasteiger partial charge is 0.303 e. The van der Waals surface area contributed by atoms with Crippen LogP contribution < -0.4 is 4.74 Å². The number of carboxylic acid groups (broad SMARTS) is 1. The lowest BCUT2D eigenvalue weighted by atomic mass is 9.80. The van der Waals surface area contributed by atoms with E-state index in [-0.39, 0.29) is 12.3 Å². The van der Waals surface area contributed by atoms with Gasteiger partial charge in [0.15, 0.2) is 0 Å². The van der Waals surface area contributed by atoms with Gasteiger partial charge in [-0.05, 0) is 42.4 Å². The third-order valence-electron chi connectivity index (χ3n) is 4.12. The molecule has 19 heavy (non-hydrogen) atoms. The largest absolute Gasteiger partial charge is 0.497 e. The van der Waals surface area contributed by atoms with Gasteiger partial charge in [0.25, 0.3) is 0 Å². The Labute approximate surface area is 114 Å². The summed E-state index contributed by atoms with van der Waals surface area (Å²) < 4.78 is 5.28. The summed E-state index contributed by atoms with van der Waals surface area (Å²) in [5.41, 5.74) is 1.23. The van der Waals surface area contributed by atoms with Gasteiger partial charge in [-0.25, -0.2) is 0 Å². The lowest BCUT2D eigenvalue weighted by Gasteiger charge is -2.24.